The van der Waals surface area contributed by atoms with Crippen molar-refractivity contribution in [3.05, 3.63) is 11.6 Å². The summed E-state index contributed by atoms with van der Waals surface area (Å²) in [5, 5.41) is 0. The molecule has 0 aromatic carbocycles. The second-order valence-corrected chi connectivity index (χ2v) is 4.41. The monoisotopic (exact) mass is 225 g/mol. The Hall–Kier alpha value is -0.990. The molecule has 1 unspecified atom stereocenters. The lowest BCUT2D eigenvalue weighted by molar-refractivity contribution is 0.0705. The molecule has 1 aliphatic rings. The molecule has 0 N–H and O–H groups in total. The van der Waals surface area contributed by atoms with E-state index in [9.17, 15) is 4.79 Å². The van der Waals surface area contributed by atoms with E-state index in [1.54, 1.807) is 4.90 Å². The van der Waals surface area contributed by atoms with Gasteiger partial charge in [0.05, 0.1) is 0 Å². The van der Waals surface area contributed by atoms with E-state index in [2.05, 4.69) is 13.0 Å². The van der Waals surface area contributed by atoms with Crippen molar-refractivity contribution in [2.75, 3.05) is 13.1 Å². The Kier molecular flexibility index (Phi) is 5.36. The van der Waals surface area contributed by atoms with Gasteiger partial charge >= 0.3 is 6.09 Å². The first-order valence-electron chi connectivity index (χ1n) is 6.30. The van der Waals surface area contributed by atoms with Gasteiger partial charge in [-0.1, -0.05) is 31.9 Å². The number of carbonyl (C=O) groups excluding carboxylic acids is 1. The number of amides is 1. The van der Waals surface area contributed by atoms with Gasteiger partial charge in [-0.25, -0.2) is 4.79 Å². The Bertz CT molecular complexity index is 261. The fourth-order valence-electron chi connectivity index (χ4n) is 1.76. The van der Waals surface area contributed by atoms with Crippen LogP contribution in [0.4, 0.5) is 4.79 Å². The zero-order valence-corrected chi connectivity index (χ0v) is 10.7. The van der Waals surface area contributed by atoms with E-state index in [1.807, 2.05) is 13.8 Å². The van der Waals surface area contributed by atoms with Crippen molar-refractivity contribution in [1.29, 1.82) is 0 Å². The standard InChI is InChI=1S/C13H23NO2/c1-4-6-12-7-9-14(10-8-12)13(15)16-11(3)5-2/h7,11H,4-6,8-10H2,1-3H3. The van der Waals surface area contributed by atoms with Crippen LogP contribution in [0.25, 0.3) is 0 Å². The van der Waals surface area contributed by atoms with Crippen molar-refractivity contribution in [1.82, 2.24) is 4.90 Å². The molecule has 0 fully saturated rings. The van der Waals surface area contributed by atoms with Crippen LogP contribution in [0.2, 0.25) is 0 Å². The highest BCUT2D eigenvalue weighted by Gasteiger charge is 2.19. The summed E-state index contributed by atoms with van der Waals surface area (Å²) in [5.41, 5.74) is 1.48. The van der Waals surface area contributed by atoms with Gasteiger partial charge in [0.25, 0.3) is 0 Å². The van der Waals surface area contributed by atoms with Gasteiger partial charge in [0.2, 0.25) is 0 Å². The first kappa shape index (κ1) is 13.1. The lowest BCUT2D eigenvalue weighted by Gasteiger charge is -2.27. The fraction of sp³-hybridized carbons (Fsp3) is 0.769. The molecule has 0 radical (unpaired) electrons. The summed E-state index contributed by atoms with van der Waals surface area (Å²) >= 11 is 0. The van der Waals surface area contributed by atoms with Gasteiger partial charge in [-0.15, -0.1) is 0 Å². The minimum Gasteiger partial charge on any atom is -0.446 e. The van der Waals surface area contributed by atoms with E-state index < -0.39 is 0 Å². The third-order valence-corrected chi connectivity index (χ3v) is 3.01. The third kappa shape index (κ3) is 3.87. The van der Waals surface area contributed by atoms with E-state index in [4.69, 9.17) is 4.74 Å². The van der Waals surface area contributed by atoms with Gasteiger partial charge in [-0.05, 0) is 26.2 Å². The maximum atomic E-state index is 11.7. The molecule has 0 aromatic heterocycles. The Balaban J connectivity index is 2.38. The number of rotatable bonds is 4. The predicted octanol–water partition coefficient (Wildman–Crippen LogP) is 3.35. The quantitative estimate of drug-likeness (QED) is 0.687. The maximum Gasteiger partial charge on any atom is 0.410 e. The summed E-state index contributed by atoms with van der Waals surface area (Å²) in [6.45, 7) is 7.66. The van der Waals surface area contributed by atoms with Crippen molar-refractivity contribution in [2.24, 2.45) is 0 Å². The second kappa shape index (κ2) is 6.56. The normalized spacial score (nSPS) is 17.9. The number of ether oxygens (including phenoxy) is 1. The molecular weight excluding hydrogens is 202 g/mol. The van der Waals surface area contributed by atoms with Crippen molar-refractivity contribution < 1.29 is 9.53 Å². The number of hydrogen-bond acceptors (Lipinski definition) is 2. The zero-order valence-electron chi connectivity index (χ0n) is 10.7. The molecule has 16 heavy (non-hydrogen) atoms. The van der Waals surface area contributed by atoms with Crippen LogP contribution in [0.3, 0.4) is 0 Å². The van der Waals surface area contributed by atoms with Crippen LogP contribution < -0.4 is 0 Å². The van der Waals surface area contributed by atoms with Gasteiger partial charge in [0.1, 0.15) is 6.10 Å². The predicted molar refractivity (Wildman–Crippen MR) is 65.4 cm³/mol. The largest absolute Gasteiger partial charge is 0.446 e. The molecule has 0 saturated heterocycles. The van der Waals surface area contributed by atoms with Crippen LogP contribution in [0.15, 0.2) is 11.6 Å². The second-order valence-electron chi connectivity index (χ2n) is 4.41. The summed E-state index contributed by atoms with van der Waals surface area (Å²) in [7, 11) is 0. The molecule has 0 spiro atoms. The Morgan fingerprint density at radius 2 is 2.31 bits per heavy atom. The summed E-state index contributed by atoms with van der Waals surface area (Å²) in [5.74, 6) is 0. The Morgan fingerprint density at radius 3 is 2.81 bits per heavy atom. The van der Waals surface area contributed by atoms with Crippen LogP contribution in [0.1, 0.15) is 46.5 Å². The average molecular weight is 225 g/mol. The highest BCUT2D eigenvalue weighted by Crippen LogP contribution is 2.16. The molecule has 1 atom stereocenters. The molecule has 1 aliphatic heterocycles. The lowest BCUT2D eigenvalue weighted by atomic mass is 10.0. The first-order chi connectivity index (χ1) is 7.67. The number of nitrogens with zero attached hydrogens (tertiary/aromatic N) is 1. The van der Waals surface area contributed by atoms with Gasteiger partial charge in [-0.2, -0.15) is 0 Å². The third-order valence-electron chi connectivity index (χ3n) is 3.01. The molecule has 0 bridgehead atoms. The average Bonchev–Trinajstić information content (AvgIpc) is 2.30. The molecule has 92 valence electrons. The van der Waals surface area contributed by atoms with Crippen molar-refractivity contribution in [2.45, 2.75) is 52.6 Å². The molecule has 0 aliphatic carbocycles. The molecule has 1 heterocycles. The molecule has 0 saturated carbocycles. The van der Waals surface area contributed by atoms with Gasteiger partial charge in [0.15, 0.2) is 0 Å². The van der Waals surface area contributed by atoms with E-state index in [0.717, 1.165) is 25.8 Å². The van der Waals surface area contributed by atoms with E-state index >= 15 is 0 Å². The number of carbonyl (C=O) groups is 1. The summed E-state index contributed by atoms with van der Waals surface area (Å²) in [6.07, 6.45) is 6.25. The van der Waals surface area contributed by atoms with E-state index in [1.165, 1.54) is 12.0 Å². The van der Waals surface area contributed by atoms with Crippen LogP contribution in [0, 0.1) is 0 Å². The summed E-state index contributed by atoms with van der Waals surface area (Å²) in [6, 6.07) is 0. The Morgan fingerprint density at radius 1 is 1.56 bits per heavy atom. The lowest BCUT2D eigenvalue weighted by Crippen LogP contribution is -2.36. The zero-order chi connectivity index (χ0) is 12.0. The van der Waals surface area contributed by atoms with Gasteiger partial charge in [0, 0.05) is 13.1 Å². The van der Waals surface area contributed by atoms with Gasteiger partial charge in [-0.3, -0.25) is 0 Å². The SMILES string of the molecule is CCCC1=CCN(C(=O)OC(C)CC)CC1. The minimum atomic E-state index is -0.166. The van der Waals surface area contributed by atoms with Gasteiger partial charge < -0.3 is 9.64 Å². The minimum absolute atomic E-state index is 0.0218. The molecule has 0 aromatic rings. The van der Waals surface area contributed by atoms with E-state index in [-0.39, 0.29) is 12.2 Å². The molecule has 1 rings (SSSR count). The van der Waals surface area contributed by atoms with Crippen molar-refractivity contribution >= 4 is 6.09 Å². The summed E-state index contributed by atoms with van der Waals surface area (Å²) < 4.78 is 5.29. The smallest absolute Gasteiger partial charge is 0.410 e. The summed E-state index contributed by atoms with van der Waals surface area (Å²) in [4.78, 5) is 13.5. The number of hydrogen-bond donors (Lipinski definition) is 0. The van der Waals surface area contributed by atoms with Crippen LogP contribution in [-0.2, 0) is 4.74 Å². The topological polar surface area (TPSA) is 29.5 Å². The molecule has 3 nitrogen and oxygen atoms in total. The first-order valence-corrected chi connectivity index (χ1v) is 6.30. The molecule has 3 heteroatoms. The molecular formula is C13H23NO2. The van der Waals surface area contributed by atoms with E-state index in [0.29, 0.717) is 6.54 Å². The fourth-order valence-corrected chi connectivity index (χ4v) is 1.76. The highest BCUT2D eigenvalue weighted by molar-refractivity contribution is 5.68. The van der Waals surface area contributed by atoms with Crippen LogP contribution in [-0.4, -0.2) is 30.2 Å². The van der Waals surface area contributed by atoms with Crippen molar-refractivity contribution in [3.8, 4) is 0 Å². The molecule has 1 amide bonds. The van der Waals surface area contributed by atoms with Crippen molar-refractivity contribution in [3.63, 3.8) is 0 Å². The van der Waals surface area contributed by atoms with Crippen LogP contribution in [0.5, 0.6) is 0 Å². The maximum absolute atomic E-state index is 11.7. The highest BCUT2D eigenvalue weighted by atomic mass is 16.6. The Labute approximate surface area is 98.5 Å². The van der Waals surface area contributed by atoms with Crippen LogP contribution >= 0.6 is 0 Å².